The fourth-order valence-electron chi connectivity index (χ4n) is 1.91. The first-order chi connectivity index (χ1) is 8.79. The summed E-state index contributed by atoms with van der Waals surface area (Å²) in [7, 11) is 0. The Bertz CT molecular complexity index is 351. The molecule has 1 nitrogen and oxygen atoms in total. The standard InChI is InChI=1S/C17H26O/c1-4-6-7-11-14-18-17(15(3)5-2)16-12-9-8-10-13-16/h8-10,12-13H,4-7,11,14H2,1-3H3. The van der Waals surface area contributed by atoms with Gasteiger partial charge in [0, 0.05) is 5.56 Å². The Kier molecular flexibility index (Phi) is 7.24. The molecule has 0 saturated heterocycles. The van der Waals surface area contributed by atoms with Gasteiger partial charge in [0.1, 0.15) is 5.76 Å². The fourth-order valence-corrected chi connectivity index (χ4v) is 1.91. The molecule has 0 aromatic heterocycles. The Morgan fingerprint density at radius 3 is 2.33 bits per heavy atom. The van der Waals surface area contributed by atoms with Crippen LogP contribution in [-0.4, -0.2) is 6.61 Å². The maximum absolute atomic E-state index is 6.01. The third kappa shape index (κ3) is 4.95. The molecule has 1 aromatic carbocycles. The Morgan fingerprint density at radius 2 is 1.72 bits per heavy atom. The third-order valence-corrected chi connectivity index (χ3v) is 3.20. The van der Waals surface area contributed by atoms with Crippen molar-refractivity contribution in [1.29, 1.82) is 0 Å². The third-order valence-electron chi connectivity index (χ3n) is 3.20. The van der Waals surface area contributed by atoms with Crippen LogP contribution in [-0.2, 0) is 4.74 Å². The second-order valence-corrected chi connectivity index (χ2v) is 4.74. The molecule has 0 N–H and O–H groups in total. The quantitative estimate of drug-likeness (QED) is 0.439. The normalized spacial score (nSPS) is 12.2. The summed E-state index contributed by atoms with van der Waals surface area (Å²) in [5.41, 5.74) is 2.53. The summed E-state index contributed by atoms with van der Waals surface area (Å²) in [4.78, 5) is 0. The largest absolute Gasteiger partial charge is 0.493 e. The molecule has 0 saturated carbocycles. The van der Waals surface area contributed by atoms with Gasteiger partial charge in [0.2, 0.25) is 0 Å². The molecule has 18 heavy (non-hydrogen) atoms. The molecule has 1 heteroatoms. The molecule has 100 valence electrons. The monoisotopic (exact) mass is 246 g/mol. The highest BCUT2D eigenvalue weighted by Crippen LogP contribution is 2.22. The number of hydrogen-bond donors (Lipinski definition) is 0. The SMILES string of the molecule is CCCCCCOC(=C(C)CC)c1ccccc1. The van der Waals surface area contributed by atoms with Crippen molar-refractivity contribution in [3.8, 4) is 0 Å². The molecule has 0 atom stereocenters. The van der Waals surface area contributed by atoms with Crippen LogP contribution in [0.5, 0.6) is 0 Å². The van der Waals surface area contributed by atoms with Gasteiger partial charge >= 0.3 is 0 Å². The summed E-state index contributed by atoms with van der Waals surface area (Å²) >= 11 is 0. The lowest BCUT2D eigenvalue weighted by Crippen LogP contribution is -1.98. The van der Waals surface area contributed by atoms with Crippen molar-refractivity contribution >= 4 is 5.76 Å². The number of rotatable bonds is 8. The van der Waals surface area contributed by atoms with Gasteiger partial charge in [-0.1, -0.05) is 63.4 Å². The topological polar surface area (TPSA) is 9.23 Å². The minimum absolute atomic E-state index is 0.835. The average molecular weight is 246 g/mol. The van der Waals surface area contributed by atoms with Crippen LogP contribution in [0.25, 0.3) is 5.76 Å². The molecule has 0 radical (unpaired) electrons. The molecule has 0 heterocycles. The molecule has 0 aliphatic rings. The average Bonchev–Trinajstić information content (AvgIpc) is 2.43. The summed E-state index contributed by atoms with van der Waals surface area (Å²) in [5.74, 6) is 1.08. The number of allylic oxidation sites excluding steroid dienone is 1. The first-order valence-electron chi connectivity index (χ1n) is 7.17. The maximum atomic E-state index is 6.01. The highest BCUT2D eigenvalue weighted by molar-refractivity contribution is 5.62. The van der Waals surface area contributed by atoms with Gasteiger partial charge in [-0.25, -0.2) is 0 Å². The van der Waals surface area contributed by atoms with Crippen LogP contribution < -0.4 is 0 Å². The second-order valence-electron chi connectivity index (χ2n) is 4.74. The van der Waals surface area contributed by atoms with Crippen LogP contribution >= 0.6 is 0 Å². The number of hydrogen-bond acceptors (Lipinski definition) is 1. The summed E-state index contributed by atoms with van der Waals surface area (Å²) in [5, 5.41) is 0. The zero-order chi connectivity index (χ0) is 13.2. The summed E-state index contributed by atoms with van der Waals surface area (Å²) in [6.45, 7) is 7.41. The number of unbranched alkanes of at least 4 members (excludes halogenated alkanes) is 3. The van der Waals surface area contributed by atoms with Gasteiger partial charge in [-0.05, 0) is 25.3 Å². The highest BCUT2D eigenvalue weighted by atomic mass is 16.5. The molecule has 1 aromatic rings. The molecule has 0 spiro atoms. The van der Waals surface area contributed by atoms with Gasteiger partial charge in [0.15, 0.2) is 0 Å². The van der Waals surface area contributed by atoms with Gasteiger partial charge < -0.3 is 4.74 Å². The predicted molar refractivity (Wildman–Crippen MR) is 79.4 cm³/mol. The minimum Gasteiger partial charge on any atom is -0.493 e. The first-order valence-corrected chi connectivity index (χ1v) is 7.17. The molecular formula is C17H26O. The fraction of sp³-hybridized carbons (Fsp3) is 0.529. The van der Waals surface area contributed by atoms with E-state index in [0.29, 0.717) is 0 Å². The van der Waals surface area contributed by atoms with E-state index in [0.717, 1.165) is 25.2 Å². The van der Waals surface area contributed by atoms with Crippen molar-refractivity contribution in [3.05, 3.63) is 41.5 Å². The van der Waals surface area contributed by atoms with E-state index in [4.69, 9.17) is 4.74 Å². The van der Waals surface area contributed by atoms with Gasteiger partial charge in [0.25, 0.3) is 0 Å². The van der Waals surface area contributed by atoms with Crippen LogP contribution in [0.15, 0.2) is 35.9 Å². The van der Waals surface area contributed by atoms with Crippen LogP contribution in [0.4, 0.5) is 0 Å². The molecule has 0 aliphatic heterocycles. The molecule has 0 bridgehead atoms. The lowest BCUT2D eigenvalue weighted by Gasteiger charge is -2.14. The van der Waals surface area contributed by atoms with E-state index in [-0.39, 0.29) is 0 Å². The van der Waals surface area contributed by atoms with E-state index < -0.39 is 0 Å². The molecule has 0 amide bonds. The summed E-state index contributed by atoms with van der Waals surface area (Å²) in [6.07, 6.45) is 6.04. The van der Waals surface area contributed by atoms with E-state index >= 15 is 0 Å². The maximum Gasteiger partial charge on any atom is 0.125 e. The van der Waals surface area contributed by atoms with Crippen LogP contribution in [0.1, 0.15) is 58.4 Å². The smallest absolute Gasteiger partial charge is 0.125 e. The predicted octanol–water partition coefficient (Wildman–Crippen LogP) is 5.42. The second kappa shape index (κ2) is 8.79. The van der Waals surface area contributed by atoms with E-state index in [9.17, 15) is 0 Å². The molecule has 0 fully saturated rings. The lowest BCUT2D eigenvalue weighted by atomic mass is 10.1. The van der Waals surface area contributed by atoms with Crippen LogP contribution in [0.2, 0.25) is 0 Å². The van der Waals surface area contributed by atoms with Crippen molar-refractivity contribution in [2.24, 2.45) is 0 Å². The summed E-state index contributed by atoms with van der Waals surface area (Å²) < 4.78 is 6.01. The van der Waals surface area contributed by atoms with E-state index in [2.05, 4.69) is 45.0 Å². The van der Waals surface area contributed by atoms with Gasteiger partial charge in [-0.15, -0.1) is 0 Å². The van der Waals surface area contributed by atoms with Crippen LogP contribution in [0.3, 0.4) is 0 Å². The lowest BCUT2D eigenvalue weighted by molar-refractivity contribution is 0.264. The van der Waals surface area contributed by atoms with E-state index in [1.54, 1.807) is 0 Å². The Hall–Kier alpha value is -1.24. The van der Waals surface area contributed by atoms with Gasteiger partial charge in [0.05, 0.1) is 6.61 Å². The number of ether oxygens (including phenoxy) is 1. The van der Waals surface area contributed by atoms with Crippen molar-refractivity contribution in [3.63, 3.8) is 0 Å². The zero-order valence-corrected chi connectivity index (χ0v) is 12.0. The molecular weight excluding hydrogens is 220 g/mol. The minimum atomic E-state index is 0.835. The molecule has 0 unspecified atom stereocenters. The van der Waals surface area contributed by atoms with Crippen LogP contribution in [0, 0.1) is 0 Å². The highest BCUT2D eigenvalue weighted by Gasteiger charge is 2.05. The van der Waals surface area contributed by atoms with Crippen molar-refractivity contribution in [2.75, 3.05) is 6.61 Å². The Morgan fingerprint density at radius 1 is 1.00 bits per heavy atom. The van der Waals surface area contributed by atoms with Crippen molar-refractivity contribution < 1.29 is 4.74 Å². The van der Waals surface area contributed by atoms with E-state index in [1.165, 1.54) is 30.4 Å². The first kappa shape index (κ1) is 14.8. The molecule has 1 rings (SSSR count). The molecule has 0 aliphatic carbocycles. The van der Waals surface area contributed by atoms with Crippen molar-refractivity contribution in [2.45, 2.75) is 52.9 Å². The zero-order valence-electron chi connectivity index (χ0n) is 12.0. The summed E-state index contributed by atoms with van der Waals surface area (Å²) in [6, 6.07) is 10.4. The van der Waals surface area contributed by atoms with Crippen molar-refractivity contribution in [1.82, 2.24) is 0 Å². The van der Waals surface area contributed by atoms with Gasteiger partial charge in [-0.3, -0.25) is 0 Å². The van der Waals surface area contributed by atoms with Gasteiger partial charge in [-0.2, -0.15) is 0 Å². The Balaban J connectivity index is 2.59. The number of benzene rings is 1. The van der Waals surface area contributed by atoms with E-state index in [1.807, 2.05) is 6.07 Å². The Labute approximate surface area is 112 Å².